The van der Waals surface area contributed by atoms with Crippen LogP contribution in [-0.4, -0.2) is 39.7 Å². The van der Waals surface area contributed by atoms with Crippen LogP contribution in [0.5, 0.6) is 5.75 Å². The number of hydrogen-bond donors (Lipinski definition) is 2. The van der Waals surface area contributed by atoms with Crippen molar-refractivity contribution in [1.29, 1.82) is 0 Å². The van der Waals surface area contributed by atoms with Gasteiger partial charge in [0.2, 0.25) is 11.1 Å². The van der Waals surface area contributed by atoms with Gasteiger partial charge in [0.05, 0.1) is 12.3 Å². The van der Waals surface area contributed by atoms with Gasteiger partial charge >= 0.3 is 0 Å². The number of nitrogen functional groups attached to an aromatic ring is 1. The fraction of sp³-hybridized carbons (Fsp3) is 0.471. The first kappa shape index (κ1) is 17.6. The van der Waals surface area contributed by atoms with Crippen molar-refractivity contribution in [2.24, 2.45) is 0 Å². The molecule has 1 aromatic heterocycles. The minimum absolute atomic E-state index is 0.0785. The van der Waals surface area contributed by atoms with E-state index >= 15 is 0 Å². The molecule has 0 unspecified atom stereocenters. The Bertz CT molecular complexity index is 757. The second kappa shape index (κ2) is 7.77. The van der Waals surface area contributed by atoms with Crippen LogP contribution in [0.1, 0.15) is 35.7 Å². The molecule has 25 heavy (non-hydrogen) atoms. The topological polar surface area (TPSA) is 95.1 Å². The first-order chi connectivity index (χ1) is 12.0. The molecule has 0 atom stereocenters. The largest absolute Gasteiger partial charge is 0.491 e. The molecule has 1 fully saturated rings. The van der Waals surface area contributed by atoms with E-state index < -0.39 is 0 Å². The Balaban J connectivity index is 1.37. The average Bonchev–Trinajstić information content (AvgIpc) is 3.35. The highest BCUT2D eigenvalue weighted by molar-refractivity contribution is 7.99. The molecule has 0 bridgehead atoms. The molecule has 1 saturated carbocycles. The number of aromatic nitrogens is 3. The van der Waals surface area contributed by atoms with Gasteiger partial charge < -0.3 is 15.9 Å². The zero-order chi connectivity index (χ0) is 17.8. The van der Waals surface area contributed by atoms with Crippen LogP contribution in [0.2, 0.25) is 0 Å². The molecular formula is C17H23N5O2S. The normalized spacial score (nSPS) is 13.7. The highest BCUT2D eigenvalue weighted by atomic mass is 32.2. The van der Waals surface area contributed by atoms with Crippen LogP contribution >= 0.6 is 11.8 Å². The number of nitrogens with one attached hydrogen (secondary N) is 1. The standard InChI is InChI=1S/C17H23N5O2S/c1-11-3-6-14(12(2)9-11)24-8-7-19-15(23)10-25-17-21-20-16(22(17)18)13-4-5-13/h3,6,9,13H,4-5,7-8,10,18H2,1-2H3,(H,19,23). The third kappa shape index (κ3) is 4.66. The van der Waals surface area contributed by atoms with Gasteiger partial charge in [0.1, 0.15) is 12.4 Å². The van der Waals surface area contributed by atoms with E-state index in [4.69, 9.17) is 10.6 Å². The molecule has 8 heteroatoms. The molecule has 0 spiro atoms. The minimum atomic E-state index is -0.0785. The van der Waals surface area contributed by atoms with Gasteiger partial charge in [-0.1, -0.05) is 29.5 Å². The lowest BCUT2D eigenvalue weighted by Gasteiger charge is -2.10. The number of thioether (sulfide) groups is 1. The van der Waals surface area contributed by atoms with Crippen LogP contribution < -0.4 is 15.9 Å². The van der Waals surface area contributed by atoms with Crippen LogP contribution in [0.25, 0.3) is 0 Å². The summed E-state index contributed by atoms with van der Waals surface area (Å²) in [5, 5.41) is 11.5. The molecule has 1 aromatic carbocycles. The molecular weight excluding hydrogens is 338 g/mol. The fourth-order valence-electron chi connectivity index (χ4n) is 2.50. The van der Waals surface area contributed by atoms with Crippen LogP contribution in [-0.2, 0) is 4.79 Å². The Morgan fingerprint density at radius 3 is 2.92 bits per heavy atom. The molecule has 0 aliphatic heterocycles. The maximum Gasteiger partial charge on any atom is 0.230 e. The molecule has 1 heterocycles. The summed E-state index contributed by atoms with van der Waals surface area (Å²) in [6.45, 7) is 4.94. The number of aryl methyl sites for hydroxylation is 2. The van der Waals surface area contributed by atoms with Gasteiger partial charge in [-0.2, -0.15) is 0 Å². The molecule has 1 aliphatic carbocycles. The molecule has 1 aliphatic rings. The number of carbonyl (C=O) groups is 1. The van der Waals surface area contributed by atoms with Crippen molar-refractivity contribution < 1.29 is 9.53 Å². The first-order valence-electron chi connectivity index (χ1n) is 8.34. The second-order valence-corrected chi connectivity index (χ2v) is 7.18. The number of hydrogen-bond acceptors (Lipinski definition) is 6. The van der Waals surface area contributed by atoms with E-state index in [1.54, 1.807) is 0 Å². The van der Waals surface area contributed by atoms with Crippen molar-refractivity contribution in [3.8, 4) is 5.75 Å². The quantitative estimate of drug-likeness (QED) is 0.423. The first-order valence-corrected chi connectivity index (χ1v) is 9.33. The molecule has 0 radical (unpaired) electrons. The predicted octanol–water partition coefficient (Wildman–Crippen LogP) is 1.77. The number of ether oxygens (including phenoxy) is 1. The lowest BCUT2D eigenvalue weighted by molar-refractivity contribution is -0.118. The van der Waals surface area contributed by atoms with Crippen molar-refractivity contribution >= 4 is 17.7 Å². The average molecular weight is 361 g/mol. The maximum absolute atomic E-state index is 11.9. The van der Waals surface area contributed by atoms with Crippen LogP contribution in [0.3, 0.4) is 0 Å². The summed E-state index contributed by atoms with van der Waals surface area (Å²) in [6.07, 6.45) is 2.22. The highest BCUT2D eigenvalue weighted by Gasteiger charge is 2.29. The molecule has 0 saturated heterocycles. The van der Waals surface area contributed by atoms with Gasteiger partial charge in [-0.05, 0) is 38.3 Å². The van der Waals surface area contributed by atoms with E-state index in [1.807, 2.05) is 26.0 Å². The molecule has 3 N–H and O–H groups in total. The number of benzene rings is 1. The number of nitrogens with zero attached hydrogens (tertiary/aromatic N) is 3. The van der Waals surface area contributed by atoms with Crippen molar-refractivity contribution in [2.75, 3.05) is 24.7 Å². The Kier molecular flexibility index (Phi) is 5.47. The summed E-state index contributed by atoms with van der Waals surface area (Å²) in [7, 11) is 0. The van der Waals surface area contributed by atoms with Gasteiger partial charge in [-0.25, -0.2) is 4.68 Å². The second-order valence-electron chi connectivity index (χ2n) is 6.24. The van der Waals surface area contributed by atoms with E-state index in [0.29, 0.717) is 24.2 Å². The lowest BCUT2D eigenvalue weighted by Crippen LogP contribution is -2.29. The fourth-order valence-corrected chi connectivity index (χ4v) is 3.19. The summed E-state index contributed by atoms with van der Waals surface area (Å²) < 4.78 is 7.19. The van der Waals surface area contributed by atoms with Crippen LogP contribution in [0.15, 0.2) is 23.4 Å². The van der Waals surface area contributed by atoms with Gasteiger partial charge in [-0.3, -0.25) is 4.79 Å². The molecule has 3 rings (SSSR count). The van der Waals surface area contributed by atoms with Crippen molar-refractivity contribution in [3.63, 3.8) is 0 Å². The van der Waals surface area contributed by atoms with Gasteiger partial charge in [0.25, 0.3) is 0 Å². The number of amides is 1. The zero-order valence-corrected chi connectivity index (χ0v) is 15.3. The summed E-state index contributed by atoms with van der Waals surface area (Å²) in [5.74, 6) is 8.22. The van der Waals surface area contributed by atoms with E-state index in [1.165, 1.54) is 22.0 Å². The number of carbonyl (C=O) groups excluding carboxylic acids is 1. The molecule has 7 nitrogen and oxygen atoms in total. The Morgan fingerprint density at radius 1 is 1.40 bits per heavy atom. The Morgan fingerprint density at radius 2 is 2.20 bits per heavy atom. The van der Waals surface area contributed by atoms with E-state index in [-0.39, 0.29) is 11.7 Å². The van der Waals surface area contributed by atoms with Crippen LogP contribution in [0.4, 0.5) is 0 Å². The Hall–Kier alpha value is -2.22. The predicted molar refractivity (Wildman–Crippen MR) is 97.3 cm³/mol. The number of rotatable bonds is 8. The van der Waals surface area contributed by atoms with Gasteiger partial charge in [0.15, 0.2) is 5.82 Å². The van der Waals surface area contributed by atoms with Crippen LogP contribution in [0, 0.1) is 13.8 Å². The Labute approximate surface area is 151 Å². The maximum atomic E-state index is 11.9. The molecule has 1 amide bonds. The van der Waals surface area contributed by atoms with Crippen molar-refractivity contribution in [1.82, 2.24) is 20.2 Å². The molecule has 2 aromatic rings. The van der Waals surface area contributed by atoms with Gasteiger partial charge in [-0.15, -0.1) is 10.2 Å². The summed E-state index contributed by atoms with van der Waals surface area (Å²) in [5.41, 5.74) is 2.29. The number of nitrogens with two attached hydrogens (primary N) is 1. The monoisotopic (exact) mass is 361 g/mol. The smallest absolute Gasteiger partial charge is 0.230 e. The summed E-state index contributed by atoms with van der Waals surface area (Å²) in [4.78, 5) is 11.9. The van der Waals surface area contributed by atoms with Crippen molar-refractivity contribution in [2.45, 2.75) is 37.8 Å². The summed E-state index contributed by atoms with van der Waals surface area (Å²) in [6, 6.07) is 6.04. The zero-order valence-electron chi connectivity index (χ0n) is 14.5. The summed E-state index contributed by atoms with van der Waals surface area (Å²) >= 11 is 1.29. The minimum Gasteiger partial charge on any atom is -0.491 e. The van der Waals surface area contributed by atoms with E-state index in [9.17, 15) is 4.79 Å². The van der Waals surface area contributed by atoms with E-state index in [2.05, 4.69) is 21.6 Å². The SMILES string of the molecule is Cc1ccc(OCCNC(=O)CSc2nnc(C3CC3)n2N)c(C)c1. The lowest BCUT2D eigenvalue weighted by atomic mass is 10.1. The highest BCUT2D eigenvalue weighted by Crippen LogP contribution is 2.39. The third-order valence-corrected chi connectivity index (χ3v) is 4.92. The van der Waals surface area contributed by atoms with E-state index in [0.717, 1.165) is 30.0 Å². The van der Waals surface area contributed by atoms with Crippen molar-refractivity contribution in [3.05, 3.63) is 35.2 Å². The molecule has 134 valence electrons. The third-order valence-electron chi connectivity index (χ3n) is 3.98. The van der Waals surface area contributed by atoms with Gasteiger partial charge in [0, 0.05) is 5.92 Å².